The van der Waals surface area contributed by atoms with E-state index in [0.717, 1.165) is 5.56 Å². The highest BCUT2D eigenvalue weighted by Crippen LogP contribution is 2.25. The predicted molar refractivity (Wildman–Crippen MR) is 64.2 cm³/mol. The minimum absolute atomic E-state index is 0.543. The van der Waals surface area contributed by atoms with Crippen LogP contribution < -0.4 is 5.73 Å². The van der Waals surface area contributed by atoms with Crippen molar-refractivity contribution in [3.8, 4) is 0 Å². The Bertz CT molecular complexity index is 541. The van der Waals surface area contributed by atoms with Gasteiger partial charge in [0.15, 0.2) is 11.5 Å². The van der Waals surface area contributed by atoms with Gasteiger partial charge in [-0.05, 0) is 0 Å². The van der Waals surface area contributed by atoms with Gasteiger partial charge in [0, 0.05) is 5.56 Å². The Balaban J connectivity index is 2.14. The number of benzene rings is 1. The fraction of sp³-hybridized carbons (Fsp3) is 0.0909. The molecular weight excluding hydrogens is 202 g/mol. The second-order valence-electron chi connectivity index (χ2n) is 3.55. The highest BCUT2D eigenvalue weighted by Gasteiger charge is 2.38. The molecule has 0 fully saturated rings. The molecule has 3 rings (SSSR count). The number of rotatable bonds is 1. The average Bonchev–Trinajstić information content (AvgIpc) is 2.80. The lowest BCUT2D eigenvalue weighted by atomic mass is 9.94. The van der Waals surface area contributed by atoms with Gasteiger partial charge < -0.3 is 0 Å². The number of amidine groups is 1. The summed E-state index contributed by atoms with van der Waals surface area (Å²) in [7, 11) is 0. The van der Waals surface area contributed by atoms with Crippen molar-refractivity contribution in [2.24, 2.45) is 25.7 Å². The maximum Gasteiger partial charge on any atom is 0.182 e. The van der Waals surface area contributed by atoms with Crippen molar-refractivity contribution >= 4 is 24.2 Å². The van der Waals surface area contributed by atoms with E-state index in [1.165, 1.54) is 12.7 Å². The summed E-state index contributed by atoms with van der Waals surface area (Å²) >= 11 is 0. The zero-order valence-corrected chi connectivity index (χ0v) is 8.41. The van der Waals surface area contributed by atoms with Gasteiger partial charge in [0.2, 0.25) is 0 Å². The summed E-state index contributed by atoms with van der Waals surface area (Å²) in [6, 6.07) is 9.60. The van der Waals surface area contributed by atoms with Crippen LogP contribution in [0.5, 0.6) is 0 Å². The minimum atomic E-state index is -0.963. The largest absolute Gasteiger partial charge is 0.298 e. The summed E-state index contributed by atoms with van der Waals surface area (Å²) in [5, 5.41) is 0. The summed E-state index contributed by atoms with van der Waals surface area (Å²) in [5.74, 6) is 0.543. The van der Waals surface area contributed by atoms with Crippen molar-refractivity contribution in [2.75, 3.05) is 0 Å². The molecule has 0 radical (unpaired) electrons. The molecule has 2 aliphatic heterocycles. The number of aliphatic imine (C=N–C) groups is 4. The smallest absolute Gasteiger partial charge is 0.182 e. The predicted octanol–water partition coefficient (Wildman–Crippen LogP) is 0.721. The molecule has 0 aromatic heterocycles. The summed E-state index contributed by atoms with van der Waals surface area (Å²) < 4.78 is 0. The molecular formula is C11H9N5. The molecule has 1 aromatic carbocycles. The highest BCUT2D eigenvalue weighted by molar-refractivity contribution is 6.50. The van der Waals surface area contributed by atoms with E-state index in [4.69, 9.17) is 5.73 Å². The average molecular weight is 211 g/mol. The van der Waals surface area contributed by atoms with Gasteiger partial charge in [0.25, 0.3) is 0 Å². The summed E-state index contributed by atoms with van der Waals surface area (Å²) in [5.41, 5.74) is 6.79. The number of hydrogen-bond donors (Lipinski definition) is 1. The molecule has 2 N–H and O–H groups in total. The van der Waals surface area contributed by atoms with Crippen LogP contribution in [0, 0.1) is 0 Å². The van der Waals surface area contributed by atoms with Crippen molar-refractivity contribution in [1.82, 2.24) is 0 Å². The van der Waals surface area contributed by atoms with Crippen molar-refractivity contribution in [1.29, 1.82) is 0 Å². The van der Waals surface area contributed by atoms with Gasteiger partial charge in [-0.25, -0.2) is 20.0 Å². The van der Waals surface area contributed by atoms with Crippen LogP contribution in [0.2, 0.25) is 0 Å². The second kappa shape index (κ2) is 3.18. The molecule has 0 spiro atoms. The Kier molecular flexibility index (Phi) is 1.81. The Hall–Kier alpha value is -2.14. The Labute approximate surface area is 92.2 Å². The van der Waals surface area contributed by atoms with Crippen molar-refractivity contribution in [3.63, 3.8) is 0 Å². The van der Waals surface area contributed by atoms with E-state index in [9.17, 15) is 0 Å². The first kappa shape index (κ1) is 9.11. The lowest BCUT2D eigenvalue weighted by molar-refractivity contribution is 0.647. The molecule has 5 heteroatoms. The molecule has 0 saturated heterocycles. The van der Waals surface area contributed by atoms with Crippen LogP contribution >= 0.6 is 0 Å². The summed E-state index contributed by atoms with van der Waals surface area (Å²) in [6.45, 7) is 0. The number of hydrogen-bond acceptors (Lipinski definition) is 5. The lowest BCUT2D eigenvalue weighted by Crippen LogP contribution is -2.47. The minimum Gasteiger partial charge on any atom is -0.298 e. The Morgan fingerprint density at radius 3 is 2.62 bits per heavy atom. The topological polar surface area (TPSA) is 75.5 Å². The van der Waals surface area contributed by atoms with Crippen LogP contribution in [0.4, 0.5) is 0 Å². The van der Waals surface area contributed by atoms with Crippen LogP contribution in [-0.4, -0.2) is 24.2 Å². The van der Waals surface area contributed by atoms with Crippen molar-refractivity contribution in [3.05, 3.63) is 35.9 Å². The zero-order valence-electron chi connectivity index (χ0n) is 8.41. The first-order chi connectivity index (χ1) is 7.81. The van der Waals surface area contributed by atoms with Crippen LogP contribution in [0.25, 0.3) is 0 Å². The van der Waals surface area contributed by atoms with E-state index in [1.54, 1.807) is 0 Å². The van der Waals surface area contributed by atoms with E-state index in [1.807, 2.05) is 30.3 Å². The molecule has 16 heavy (non-hydrogen) atoms. The van der Waals surface area contributed by atoms with Gasteiger partial charge in [-0.3, -0.25) is 5.73 Å². The molecule has 2 heterocycles. The monoisotopic (exact) mass is 211 g/mol. The van der Waals surface area contributed by atoms with Gasteiger partial charge in [0.1, 0.15) is 18.4 Å². The van der Waals surface area contributed by atoms with Gasteiger partial charge in [0.05, 0.1) is 0 Å². The molecule has 2 aliphatic rings. The third-order valence-electron chi connectivity index (χ3n) is 2.59. The van der Waals surface area contributed by atoms with E-state index in [0.29, 0.717) is 11.5 Å². The fourth-order valence-electron chi connectivity index (χ4n) is 1.76. The molecule has 0 saturated carbocycles. The number of nitrogens with two attached hydrogens (primary N) is 1. The Morgan fingerprint density at radius 2 is 1.81 bits per heavy atom. The van der Waals surface area contributed by atoms with Gasteiger partial charge in [-0.1, -0.05) is 30.3 Å². The third-order valence-corrected chi connectivity index (χ3v) is 2.59. The van der Waals surface area contributed by atoms with Gasteiger partial charge in [-0.2, -0.15) is 0 Å². The fourth-order valence-corrected chi connectivity index (χ4v) is 1.76. The number of nitrogens with zero attached hydrogens (tertiary/aromatic N) is 4. The highest BCUT2D eigenvalue weighted by atomic mass is 15.2. The van der Waals surface area contributed by atoms with Crippen LogP contribution in [0.15, 0.2) is 50.3 Å². The van der Waals surface area contributed by atoms with E-state index < -0.39 is 5.66 Å². The van der Waals surface area contributed by atoms with Gasteiger partial charge in [-0.15, -0.1) is 0 Å². The zero-order chi connectivity index (χ0) is 11.0. The molecule has 1 atom stereocenters. The maximum atomic E-state index is 6.28. The van der Waals surface area contributed by atoms with E-state index in [2.05, 4.69) is 20.0 Å². The first-order valence-corrected chi connectivity index (χ1v) is 4.88. The number of fused-ring (bicyclic) bond motifs is 1. The molecule has 1 aromatic rings. The van der Waals surface area contributed by atoms with Crippen LogP contribution in [0.3, 0.4) is 0 Å². The van der Waals surface area contributed by atoms with Crippen molar-refractivity contribution < 1.29 is 0 Å². The molecule has 5 nitrogen and oxygen atoms in total. The SMILES string of the molecule is NC1(c2ccccc2)N=CN=C2N=CN=C21. The molecule has 78 valence electrons. The van der Waals surface area contributed by atoms with Gasteiger partial charge >= 0.3 is 0 Å². The Morgan fingerprint density at radius 1 is 1.00 bits per heavy atom. The molecule has 0 aliphatic carbocycles. The van der Waals surface area contributed by atoms with E-state index >= 15 is 0 Å². The van der Waals surface area contributed by atoms with E-state index in [-0.39, 0.29) is 0 Å². The molecule has 1 unspecified atom stereocenters. The maximum absolute atomic E-state index is 6.28. The summed E-state index contributed by atoms with van der Waals surface area (Å²) in [6.07, 6.45) is 2.89. The standard InChI is InChI=1S/C11H9N5/c12-11(8-4-2-1-3-5-8)9-10(14-6-13-9)15-7-16-11/h1-7H,12H2. The normalized spacial score (nSPS) is 26.3. The second-order valence-corrected chi connectivity index (χ2v) is 3.55. The van der Waals surface area contributed by atoms with Crippen LogP contribution in [0.1, 0.15) is 5.56 Å². The summed E-state index contributed by atoms with van der Waals surface area (Å²) in [4.78, 5) is 16.4. The molecule has 0 bridgehead atoms. The lowest BCUT2D eigenvalue weighted by Gasteiger charge is -2.26. The van der Waals surface area contributed by atoms with Crippen LogP contribution in [-0.2, 0) is 5.66 Å². The first-order valence-electron chi connectivity index (χ1n) is 4.88. The molecule has 0 amide bonds. The van der Waals surface area contributed by atoms with Crippen molar-refractivity contribution in [2.45, 2.75) is 5.66 Å². The quantitative estimate of drug-likeness (QED) is 0.730. The third kappa shape index (κ3) is 1.15.